The van der Waals surface area contributed by atoms with Crippen molar-refractivity contribution in [3.05, 3.63) is 35.4 Å². The van der Waals surface area contributed by atoms with Crippen LogP contribution in [-0.2, 0) is 0 Å². The SMILES string of the molecule is CNCC1(C(c2ccccc2C)N(C)C)CCC1. The van der Waals surface area contributed by atoms with E-state index in [0.29, 0.717) is 11.5 Å². The van der Waals surface area contributed by atoms with E-state index in [0.717, 1.165) is 6.54 Å². The molecule has 0 spiro atoms. The van der Waals surface area contributed by atoms with Gasteiger partial charge < -0.3 is 10.2 Å². The molecule has 1 unspecified atom stereocenters. The Balaban J connectivity index is 2.37. The third kappa shape index (κ3) is 2.32. The average molecular weight is 246 g/mol. The largest absolute Gasteiger partial charge is 0.319 e. The number of rotatable bonds is 5. The lowest BCUT2D eigenvalue weighted by molar-refractivity contribution is 0.0213. The summed E-state index contributed by atoms with van der Waals surface area (Å²) in [7, 11) is 6.50. The molecule has 0 aromatic heterocycles. The highest BCUT2D eigenvalue weighted by Crippen LogP contribution is 2.52. The van der Waals surface area contributed by atoms with Gasteiger partial charge in [0.1, 0.15) is 0 Å². The molecular weight excluding hydrogens is 220 g/mol. The van der Waals surface area contributed by atoms with Crippen molar-refractivity contribution in [3.8, 4) is 0 Å². The normalized spacial score (nSPS) is 19.6. The van der Waals surface area contributed by atoms with Crippen LogP contribution in [0.3, 0.4) is 0 Å². The highest BCUT2D eigenvalue weighted by Gasteiger charge is 2.45. The maximum Gasteiger partial charge on any atom is 0.0413 e. The van der Waals surface area contributed by atoms with Crippen LogP contribution < -0.4 is 5.32 Å². The predicted molar refractivity (Wildman–Crippen MR) is 77.8 cm³/mol. The minimum Gasteiger partial charge on any atom is -0.319 e. The molecule has 1 N–H and O–H groups in total. The van der Waals surface area contributed by atoms with E-state index in [4.69, 9.17) is 0 Å². The zero-order valence-electron chi connectivity index (χ0n) is 12.2. The quantitative estimate of drug-likeness (QED) is 0.859. The molecule has 0 amide bonds. The van der Waals surface area contributed by atoms with E-state index in [9.17, 15) is 0 Å². The summed E-state index contributed by atoms with van der Waals surface area (Å²) in [6, 6.07) is 9.37. The van der Waals surface area contributed by atoms with Crippen molar-refractivity contribution in [2.24, 2.45) is 5.41 Å². The molecule has 1 aliphatic carbocycles. The van der Waals surface area contributed by atoms with Crippen LogP contribution >= 0.6 is 0 Å². The molecule has 1 saturated carbocycles. The van der Waals surface area contributed by atoms with Gasteiger partial charge in [-0.25, -0.2) is 0 Å². The van der Waals surface area contributed by atoms with Crippen LogP contribution in [0.2, 0.25) is 0 Å². The second kappa shape index (κ2) is 5.41. The second-order valence-electron chi connectivity index (χ2n) is 5.97. The van der Waals surface area contributed by atoms with E-state index in [2.05, 4.69) is 62.5 Å². The van der Waals surface area contributed by atoms with Crippen LogP contribution in [0.25, 0.3) is 0 Å². The van der Waals surface area contributed by atoms with Crippen molar-refractivity contribution in [1.82, 2.24) is 10.2 Å². The molecule has 2 nitrogen and oxygen atoms in total. The molecule has 2 rings (SSSR count). The molecule has 1 aromatic rings. The van der Waals surface area contributed by atoms with E-state index < -0.39 is 0 Å². The van der Waals surface area contributed by atoms with E-state index >= 15 is 0 Å². The Hall–Kier alpha value is -0.860. The molecule has 0 radical (unpaired) electrons. The van der Waals surface area contributed by atoms with E-state index in [1.807, 2.05) is 0 Å². The van der Waals surface area contributed by atoms with Crippen molar-refractivity contribution in [3.63, 3.8) is 0 Å². The van der Waals surface area contributed by atoms with Crippen molar-refractivity contribution in [1.29, 1.82) is 0 Å². The molecule has 1 aliphatic rings. The van der Waals surface area contributed by atoms with Gasteiger partial charge in [-0.2, -0.15) is 0 Å². The Kier molecular flexibility index (Phi) is 4.08. The lowest BCUT2D eigenvalue weighted by atomic mass is 9.61. The fourth-order valence-corrected chi connectivity index (χ4v) is 3.58. The maximum atomic E-state index is 3.41. The fraction of sp³-hybridized carbons (Fsp3) is 0.625. The molecule has 0 heterocycles. The second-order valence-corrected chi connectivity index (χ2v) is 5.97. The molecular formula is C16H26N2. The van der Waals surface area contributed by atoms with Crippen LogP contribution in [0, 0.1) is 12.3 Å². The zero-order valence-corrected chi connectivity index (χ0v) is 12.2. The Labute approximate surface area is 111 Å². The third-order valence-electron chi connectivity index (χ3n) is 4.46. The zero-order chi connectivity index (χ0) is 13.2. The molecule has 0 bridgehead atoms. The van der Waals surface area contributed by atoms with Gasteiger partial charge in [0.25, 0.3) is 0 Å². The first-order chi connectivity index (χ1) is 8.60. The van der Waals surface area contributed by atoms with Gasteiger partial charge in [0.05, 0.1) is 0 Å². The van der Waals surface area contributed by atoms with Gasteiger partial charge in [0, 0.05) is 18.0 Å². The van der Waals surface area contributed by atoms with E-state index in [1.165, 1.54) is 30.4 Å². The first-order valence-electron chi connectivity index (χ1n) is 6.97. The Morgan fingerprint density at radius 3 is 2.39 bits per heavy atom. The number of nitrogens with one attached hydrogen (secondary N) is 1. The molecule has 1 atom stereocenters. The average Bonchev–Trinajstić information content (AvgIpc) is 2.28. The molecule has 0 saturated heterocycles. The van der Waals surface area contributed by atoms with Crippen LogP contribution in [0.5, 0.6) is 0 Å². The van der Waals surface area contributed by atoms with Crippen molar-refractivity contribution in [2.75, 3.05) is 27.7 Å². The Bertz CT molecular complexity index is 394. The van der Waals surface area contributed by atoms with Crippen LogP contribution in [0.15, 0.2) is 24.3 Å². The van der Waals surface area contributed by atoms with Crippen molar-refractivity contribution >= 4 is 0 Å². The lowest BCUT2D eigenvalue weighted by Crippen LogP contribution is -2.48. The van der Waals surface area contributed by atoms with Gasteiger partial charge in [-0.1, -0.05) is 30.7 Å². The highest BCUT2D eigenvalue weighted by molar-refractivity contribution is 5.31. The third-order valence-corrected chi connectivity index (χ3v) is 4.46. The number of hydrogen-bond donors (Lipinski definition) is 1. The topological polar surface area (TPSA) is 15.3 Å². The van der Waals surface area contributed by atoms with Gasteiger partial charge in [-0.3, -0.25) is 0 Å². The highest BCUT2D eigenvalue weighted by atomic mass is 15.1. The number of aryl methyl sites for hydroxylation is 1. The van der Waals surface area contributed by atoms with E-state index in [-0.39, 0.29) is 0 Å². The first kappa shape index (κ1) is 13.6. The molecule has 18 heavy (non-hydrogen) atoms. The summed E-state index contributed by atoms with van der Waals surface area (Å²) in [5, 5.41) is 3.41. The van der Waals surface area contributed by atoms with Gasteiger partial charge in [0.2, 0.25) is 0 Å². The smallest absolute Gasteiger partial charge is 0.0413 e. The first-order valence-corrected chi connectivity index (χ1v) is 6.97. The van der Waals surface area contributed by atoms with Crippen molar-refractivity contribution in [2.45, 2.75) is 32.2 Å². The Morgan fingerprint density at radius 1 is 1.28 bits per heavy atom. The predicted octanol–water partition coefficient (Wildman–Crippen LogP) is 2.99. The number of hydrogen-bond acceptors (Lipinski definition) is 2. The van der Waals surface area contributed by atoms with Crippen LogP contribution in [0.4, 0.5) is 0 Å². The summed E-state index contributed by atoms with van der Waals surface area (Å²) in [6.45, 7) is 3.35. The monoisotopic (exact) mass is 246 g/mol. The summed E-state index contributed by atoms with van der Waals surface area (Å²) in [4.78, 5) is 2.40. The molecule has 2 heteroatoms. The Morgan fingerprint density at radius 2 is 1.94 bits per heavy atom. The maximum absolute atomic E-state index is 3.41. The number of benzene rings is 1. The van der Waals surface area contributed by atoms with Gasteiger partial charge in [-0.15, -0.1) is 0 Å². The summed E-state index contributed by atoms with van der Waals surface area (Å²) in [6.07, 6.45) is 4.05. The fourth-order valence-electron chi connectivity index (χ4n) is 3.58. The minimum atomic E-state index is 0.421. The summed E-state index contributed by atoms with van der Waals surface area (Å²) in [5.74, 6) is 0. The molecule has 1 fully saturated rings. The minimum absolute atomic E-state index is 0.421. The standard InChI is InChI=1S/C16H26N2/c1-13-8-5-6-9-14(13)15(18(3)4)16(12-17-2)10-7-11-16/h5-6,8-9,15,17H,7,10-12H2,1-4H3. The van der Waals surface area contributed by atoms with Crippen LogP contribution in [0.1, 0.15) is 36.4 Å². The van der Waals surface area contributed by atoms with Crippen LogP contribution in [-0.4, -0.2) is 32.6 Å². The van der Waals surface area contributed by atoms with E-state index in [1.54, 1.807) is 0 Å². The number of nitrogens with zero attached hydrogens (tertiary/aromatic N) is 1. The molecule has 0 aliphatic heterocycles. The van der Waals surface area contributed by atoms with Gasteiger partial charge in [-0.05, 0) is 52.0 Å². The molecule has 1 aromatic carbocycles. The summed E-state index contributed by atoms with van der Waals surface area (Å²) < 4.78 is 0. The van der Waals surface area contributed by atoms with Gasteiger partial charge >= 0.3 is 0 Å². The lowest BCUT2D eigenvalue weighted by Gasteiger charge is -2.51. The summed E-state index contributed by atoms with van der Waals surface area (Å²) in [5.41, 5.74) is 3.33. The molecule has 100 valence electrons. The van der Waals surface area contributed by atoms with Gasteiger partial charge in [0.15, 0.2) is 0 Å². The van der Waals surface area contributed by atoms with Crippen molar-refractivity contribution < 1.29 is 0 Å². The summed E-state index contributed by atoms with van der Waals surface area (Å²) >= 11 is 0.